The highest BCUT2D eigenvalue weighted by Crippen LogP contribution is 2.35. The molecular weight excluding hydrogens is 445 g/mol. The number of nitrogens with one attached hydrogen (secondary N) is 1. The van der Waals surface area contributed by atoms with E-state index in [1.54, 1.807) is 28.0 Å². The number of carbonyl (C=O) groups is 1. The van der Waals surface area contributed by atoms with Crippen molar-refractivity contribution in [1.29, 1.82) is 0 Å². The van der Waals surface area contributed by atoms with E-state index in [2.05, 4.69) is 5.32 Å². The Morgan fingerprint density at radius 3 is 2.66 bits per heavy atom. The summed E-state index contributed by atoms with van der Waals surface area (Å²) in [6.45, 7) is 0. The van der Waals surface area contributed by atoms with E-state index in [1.807, 2.05) is 30.3 Å². The highest BCUT2D eigenvalue weighted by Gasteiger charge is 2.23. The SMILES string of the molecule is O=C(CSc1nc2sc3c(c2c(=O)n1-c1ccccc1)CCCC3)Nc1ccccc1F. The maximum Gasteiger partial charge on any atom is 0.267 e. The highest BCUT2D eigenvalue weighted by atomic mass is 32.2. The van der Waals surface area contributed by atoms with Gasteiger partial charge in [0, 0.05) is 4.88 Å². The van der Waals surface area contributed by atoms with Crippen LogP contribution in [0.15, 0.2) is 64.5 Å². The summed E-state index contributed by atoms with van der Waals surface area (Å²) in [7, 11) is 0. The Bertz CT molecular complexity index is 1370. The van der Waals surface area contributed by atoms with E-state index < -0.39 is 5.82 Å². The minimum atomic E-state index is -0.490. The van der Waals surface area contributed by atoms with E-state index in [-0.39, 0.29) is 22.9 Å². The van der Waals surface area contributed by atoms with Crippen LogP contribution in [0.5, 0.6) is 0 Å². The quantitative estimate of drug-likeness (QED) is 0.325. The molecule has 2 heterocycles. The predicted molar refractivity (Wildman–Crippen MR) is 128 cm³/mol. The number of hydrogen-bond donors (Lipinski definition) is 1. The Hall–Kier alpha value is -2.97. The van der Waals surface area contributed by atoms with Gasteiger partial charge >= 0.3 is 0 Å². The first-order valence-corrected chi connectivity index (χ1v) is 12.2. The third-order valence-corrected chi connectivity index (χ3v) is 7.58. The normalized spacial score (nSPS) is 13.2. The van der Waals surface area contributed by atoms with E-state index in [4.69, 9.17) is 4.98 Å². The molecule has 8 heteroatoms. The van der Waals surface area contributed by atoms with Gasteiger partial charge in [0.15, 0.2) is 5.16 Å². The Morgan fingerprint density at radius 2 is 1.84 bits per heavy atom. The summed E-state index contributed by atoms with van der Waals surface area (Å²) < 4.78 is 15.4. The van der Waals surface area contributed by atoms with Gasteiger partial charge in [-0.1, -0.05) is 42.1 Å². The molecule has 4 aromatic rings. The number of amides is 1. The molecule has 0 atom stereocenters. The molecule has 5 nitrogen and oxygen atoms in total. The molecule has 1 N–H and O–H groups in total. The van der Waals surface area contributed by atoms with Gasteiger partial charge in [-0.3, -0.25) is 14.2 Å². The average Bonchev–Trinajstić information content (AvgIpc) is 3.18. The van der Waals surface area contributed by atoms with E-state index in [1.165, 1.54) is 28.8 Å². The maximum atomic E-state index is 13.9. The zero-order valence-corrected chi connectivity index (χ0v) is 18.8. The molecule has 1 amide bonds. The Kier molecular flexibility index (Phi) is 5.80. The van der Waals surface area contributed by atoms with Gasteiger partial charge in [-0.25, -0.2) is 9.37 Å². The van der Waals surface area contributed by atoms with Crippen molar-refractivity contribution in [3.8, 4) is 5.69 Å². The van der Waals surface area contributed by atoms with Crippen LogP contribution in [-0.4, -0.2) is 21.2 Å². The van der Waals surface area contributed by atoms with Crippen molar-refractivity contribution >= 4 is 44.9 Å². The van der Waals surface area contributed by atoms with Crippen LogP contribution in [0.1, 0.15) is 23.3 Å². The Morgan fingerprint density at radius 1 is 1.09 bits per heavy atom. The van der Waals surface area contributed by atoms with E-state index >= 15 is 0 Å². The summed E-state index contributed by atoms with van der Waals surface area (Å²) >= 11 is 2.76. The highest BCUT2D eigenvalue weighted by molar-refractivity contribution is 7.99. The van der Waals surface area contributed by atoms with Crippen LogP contribution in [0.2, 0.25) is 0 Å². The topological polar surface area (TPSA) is 64.0 Å². The number of thiophene rings is 1. The standard InChI is InChI=1S/C24H20FN3O2S2/c25-17-11-5-6-12-18(17)26-20(29)14-31-24-27-22-21(16-10-4-7-13-19(16)32-22)23(30)28(24)15-8-2-1-3-9-15/h1-3,5-6,8-9,11-12H,4,7,10,13-14H2,(H,26,29). The van der Waals surface area contributed by atoms with Crippen molar-refractivity contribution in [3.63, 3.8) is 0 Å². The molecule has 5 rings (SSSR count). The predicted octanol–water partition coefficient (Wildman–Crippen LogP) is 5.20. The summed E-state index contributed by atoms with van der Waals surface area (Å²) in [5, 5.41) is 3.74. The summed E-state index contributed by atoms with van der Waals surface area (Å²) in [5.74, 6) is -0.847. The first-order chi connectivity index (χ1) is 15.6. The maximum absolute atomic E-state index is 13.9. The molecule has 0 bridgehead atoms. The van der Waals surface area contributed by atoms with Gasteiger partial charge in [-0.2, -0.15) is 0 Å². The lowest BCUT2D eigenvalue weighted by Crippen LogP contribution is -2.23. The van der Waals surface area contributed by atoms with Crippen LogP contribution in [0.25, 0.3) is 15.9 Å². The van der Waals surface area contributed by atoms with Crippen molar-refractivity contribution < 1.29 is 9.18 Å². The van der Waals surface area contributed by atoms with Gasteiger partial charge in [0.2, 0.25) is 5.91 Å². The number of aromatic nitrogens is 2. The molecule has 162 valence electrons. The number of benzene rings is 2. The average molecular weight is 466 g/mol. The number of aryl methyl sites for hydroxylation is 2. The molecule has 1 aliphatic carbocycles. The van der Waals surface area contributed by atoms with Gasteiger partial charge in [-0.05, 0) is 55.5 Å². The lowest BCUT2D eigenvalue weighted by Gasteiger charge is -2.13. The van der Waals surface area contributed by atoms with Crippen molar-refractivity contribution in [3.05, 3.63) is 81.2 Å². The smallest absolute Gasteiger partial charge is 0.267 e. The number of nitrogens with zero attached hydrogens (tertiary/aromatic N) is 2. The van der Waals surface area contributed by atoms with Crippen LogP contribution in [0.3, 0.4) is 0 Å². The van der Waals surface area contributed by atoms with Crippen LogP contribution in [0.4, 0.5) is 10.1 Å². The summed E-state index contributed by atoms with van der Waals surface area (Å²) in [6.07, 6.45) is 4.09. The molecule has 0 radical (unpaired) electrons. The number of para-hydroxylation sites is 2. The molecule has 2 aromatic heterocycles. The number of hydrogen-bond acceptors (Lipinski definition) is 5. The third kappa shape index (κ3) is 3.96. The fraction of sp³-hybridized carbons (Fsp3) is 0.208. The first kappa shape index (κ1) is 20.9. The molecule has 1 aliphatic rings. The fourth-order valence-corrected chi connectivity index (χ4v) is 6.08. The van der Waals surface area contributed by atoms with E-state index in [0.717, 1.165) is 36.1 Å². The Labute approximate surface area is 192 Å². The fourth-order valence-electron chi connectivity index (χ4n) is 3.97. The zero-order valence-electron chi connectivity index (χ0n) is 17.1. The molecular formula is C24H20FN3O2S2. The van der Waals surface area contributed by atoms with Crippen LogP contribution >= 0.6 is 23.1 Å². The van der Waals surface area contributed by atoms with Gasteiger partial charge in [-0.15, -0.1) is 11.3 Å². The lowest BCUT2D eigenvalue weighted by atomic mass is 9.97. The van der Waals surface area contributed by atoms with Crippen molar-refractivity contribution in [2.24, 2.45) is 0 Å². The minimum absolute atomic E-state index is 0.00417. The number of thioether (sulfide) groups is 1. The molecule has 0 spiro atoms. The second-order valence-corrected chi connectivity index (χ2v) is 9.60. The monoisotopic (exact) mass is 465 g/mol. The van der Waals surface area contributed by atoms with Gasteiger partial charge in [0.05, 0.1) is 22.5 Å². The van der Waals surface area contributed by atoms with E-state index in [9.17, 15) is 14.0 Å². The zero-order chi connectivity index (χ0) is 22.1. The molecule has 0 aliphatic heterocycles. The van der Waals surface area contributed by atoms with Crippen molar-refractivity contribution in [2.45, 2.75) is 30.8 Å². The van der Waals surface area contributed by atoms with Gasteiger partial charge in [0.25, 0.3) is 5.56 Å². The molecule has 2 aromatic carbocycles. The van der Waals surface area contributed by atoms with Crippen LogP contribution in [-0.2, 0) is 17.6 Å². The number of fused-ring (bicyclic) bond motifs is 3. The van der Waals surface area contributed by atoms with Crippen LogP contribution in [0, 0.1) is 5.82 Å². The summed E-state index contributed by atoms with van der Waals surface area (Å²) in [6, 6.07) is 15.4. The second-order valence-electron chi connectivity index (χ2n) is 7.58. The molecule has 0 fully saturated rings. The van der Waals surface area contributed by atoms with Gasteiger partial charge < -0.3 is 5.32 Å². The number of anilines is 1. The van der Waals surface area contributed by atoms with Crippen LogP contribution < -0.4 is 10.9 Å². The minimum Gasteiger partial charge on any atom is -0.323 e. The van der Waals surface area contributed by atoms with Crippen molar-refractivity contribution in [1.82, 2.24) is 9.55 Å². The molecule has 0 unspecified atom stereocenters. The molecule has 32 heavy (non-hydrogen) atoms. The third-order valence-electron chi connectivity index (χ3n) is 5.45. The van der Waals surface area contributed by atoms with Gasteiger partial charge in [0.1, 0.15) is 10.6 Å². The number of carbonyl (C=O) groups excluding carboxylic acids is 1. The number of halogens is 1. The first-order valence-electron chi connectivity index (χ1n) is 10.4. The number of rotatable bonds is 5. The lowest BCUT2D eigenvalue weighted by molar-refractivity contribution is -0.113. The van der Waals surface area contributed by atoms with E-state index in [0.29, 0.717) is 16.2 Å². The summed E-state index contributed by atoms with van der Waals surface area (Å²) in [4.78, 5) is 32.9. The molecule has 0 saturated heterocycles. The Balaban J connectivity index is 1.52. The van der Waals surface area contributed by atoms with Crippen molar-refractivity contribution in [2.75, 3.05) is 11.1 Å². The molecule has 0 saturated carbocycles. The largest absolute Gasteiger partial charge is 0.323 e. The summed E-state index contributed by atoms with van der Waals surface area (Å²) in [5.41, 5.74) is 1.87. The second kappa shape index (κ2) is 8.88.